The Bertz CT molecular complexity index is 1340. The topological polar surface area (TPSA) is 73.3 Å². The predicted molar refractivity (Wildman–Crippen MR) is 133 cm³/mol. The minimum Gasteiger partial charge on any atom is -0.628 e. The number of morpholine rings is 1. The quantitative estimate of drug-likeness (QED) is 0.367. The van der Waals surface area contributed by atoms with E-state index in [1.807, 2.05) is 4.90 Å². The molecule has 42 heavy (non-hydrogen) atoms. The van der Waals surface area contributed by atoms with Crippen molar-refractivity contribution in [2.24, 2.45) is 0 Å². The second-order valence-corrected chi connectivity index (χ2v) is 10.0. The Morgan fingerprint density at radius 3 is 2.24 bits per heavy atom. The van der Waals surface area contributed by atoms with E-state index in [4.69, 9.17) is 9.47 Å². The van der Waals surface area contributed by atoms with Crippen molar-refractivity contribution < 1.29 is 49.7 Å². The molecule has 3 aliphatic rings. The highest BCUT2D eigenvalue weighted by Gasteiger charge is 2.40. The summed E-state index contributed by atoms with van der Waals surface area (Å²) in [6.45, 7) is 1.71. The fourth-order valence-corrected chi connectivity index (χ4v) is 5.19. The van der Waals surface area contributed by atoms with Crippen LogP contribution in [0.4, 0.5) is 35.1 Å². The number of hydrogen-bond donors (Lipinski definition) is 3. The Hall–Kier alpha value is -3.24. The second-order valence-electron chi connectivity index (χ2n) is 10.0. The van der Waals surface area contributed by atoms with Crippen LogP contribution >= 0.6 is 0 Å². The molecule has 0 bridgehead atoms. The van der Waals surface area contributed by atoms with Crippen LogP contribution in [0.15, 0.2) is 53.9 Å². The summed E-state index contributed by atoms with van der Waals surface area (Å²) in [6, 6.07) is 2.36. The van der Waals surface area contributed by atoms with E-state index < -0.39 is 64.4 Å². The van der Waals surface area contributed by atoms with E-state index >= 15 is 4.39 Å². The fourth-order valence-electron chi connectivity index (χ4n) is 5.19. The average Bonchev–Trinajstić information content (AvgIpc) is 2.93. The first-order valence-electron chi connectivity index (χ1n) is 13.0. The summed E-state index contributed by atoms with van der Waals surface area (Å²) in [4.78, 5) is 1.83. The van der Waals surface area contributed by atoms with Crippen molar-refractivity contribution in [3.63, 3.8) is 0 Å². The van der Waals surface area contributed by atoms with Crippen molar-refractivity contribution >= 4 is 5.70 Å². The molecule has 1 saturated heterocycles. The van der Waals surface area contributed by atoms with Gasteiger partial charge < -0.3 is 25.1 Å². The van der Waals surface area contributed by atoms with Gasteiger partial charge in [-0.05, 0) is 35.9 Å². The molecule has 5 rings (SSSR count). The Balaban J connectivity index is 1.64. The van der Waals surface area contributed by atoms with Crippen molar-refractivity contribution in [2.75, 3.05) is 39.5 Å². The van der Waals surface area contributed by atoms with E-state index in [9.17, 15) is 35.9 Å². The molecule has 2 aromatic carbocycles. The fraction of sp³-hybridized carbons (Fsp3) is 0.407. The van der Waals surface area contributed by atoms with Gasteiger partial charge in [0.05, 0.1) is 42.1 Å². The molecule has 0 aromatic heterocycles. The first-order chi connectivity index (χ1) is 19.8. The van der Waals surface area contributed by atoms with Gasteiger partial charge >= 0.3 is 12.4 Å². The van der Waals surface area contributed by atoms with E-state index in [0.717, 1.165) is 12.1 Å². The van der Waals surface area contributed by atoms with Crippen LogP contribution < -0.4 is 15.7 Å². The van der Waals surface area contributed by atoms with Gasteiger partial charge in [0, 0.05) is 38.2 Å². The lowest BCUT2D eigenvalue weighted by atomic mass is 9.93. The zero-order valence-electron chi connectivity index (χ0n) is 21.8. The molecule has 0 radical (unpaired) electrons. The molecule has 228 valence electrons. The normalized spacial score (nSPS) is 25.5. The number of hydroxylamine groups is 2. The highest BCUT2D eigenvalue weighted by molar-refractivity contribution is 5.60. The highest BCUT2D eigenvalue weighted by Crippen LogP contribution is 2.37. The van der Waals surface area contributed by atoms with E-state index in [-0.39, 0.29) is 42.0 Å². The van der Waals surface area contributed by atoms with Gasteiger partial charge in [-0.15, -0.1) is 0 Å². The van der Waals surface area contributed by atoms with Gasteiger partial charge in [0.15, 0.2) is 12.1 Å². The third-order valence-electron chi connectivity index (χ3n) is 7.25. The van der Waals surface area contributed by atoms with Gasteiger partial charge in [-0.25, -0.2) is 8.78 Å². The van der Waals surface area contributed by atoms with Crippen molar-refractivity contribution in [1.29, 1.82) is 0 Å². The smallest absolute Gasteiger partial charge is 0.416 e. The maximum absolute atomic E-state index is 15.1. The summed E-state index contributed by atoms with van der Waals surface area (Å²) < 4.78 is 122. The molecule has 3 atom stereocenters. The summed E-state index contributed by atoms with van der Waals surface area (Å²) in [5.74, 6) is -1.83. The summed E-state index contributed by atoms with van der Waals surface area (Å²) in [6.07, 6.45) is -10.3. The summed E-state index contributed by atoms with van der Waals surface area (Å²) in [5, 5.41) is 19.4. The molecule has 0 amide bonds. The number of hydrogen-bond acceptors (Lipinski definition) is 6. The van der Waals surface area contributed by atoms with E-state index in [1.165, 1.54) is 6.08 Å². The number of benzene rings is 2. The second kappa shape index (κ2) is 11.8. The third-order valence-corrected chi connectivity index (χ3v) is 7.25. The van der Waals surface area contributed by atoms with Crippen LogP contribution in [0.2, 0.25) is 0 Å². The zero-order chi connectivity index (χ0) is 30.2. The molecule has 0 aliphatic carbocycles. The first kappa shape index (κ1) is 30.2. The molecule has 15 heteroatoms. The first-order valence-corrected chi connectivity index (χ1v) is 13.0. The molecule has 3 unspecified atom stereocenters. The van der Waals surface area contributed by atoms with Crippen molar-refractivity contribution in [3.8, 4) is 0 Å². The predicted octanol–water partition coefficient (Wildman–Crippen LogP) is 3.39. The molecule has 2 aromatic rings. The van der Waals surface area contributed by atoms with Crippen LogP contribution in [0, 0.1) is 16.8 Å². The van der Waals surface area contributed by atoms with Crippen LogP contribution in [0.25, 0.3) is 5.70 Å². The number of ether oxygens (including phenoxy) is 2. The van der Waals surface area contributed by atoms with E-state index in [0.29, 0.717) is 44.5 Å². The molecular formula is C27H26F8N4O3. The van der Waals surface area contributed by atoms with Crippen LogP contribution in [0.3, 0.4) is 0 Å². The molecule has 3 N–H and O–H groups in total. The molecule has 3 heterocycles. The SMILES string of the molecule is [O-][NH+]1/C(c2ccc(F)cc2F)=C\C(N2CCOCC2)OC2=C(CNCN2)C1Cc1cc(C(F)(F)F)cc(C(F)(F)F)c1. The van der Waals surface area contributed by atoms with Crippen LogP contribution in [-0.2, 0) is 28.2 Å². The number of rotatable bonds is 4. The maximum atomic E-state index is 15.1. The lowest BCUT2D eigenvalue weighted by Gasteiger charge is -2.42. The lowest BCUT2D eigenvalue weighted by molar-refractivity contribution is -0.793. The van der Waals surface area contributed by atoms with Gasteiger partial charge in [0.2, 0.25) is 0 Å². The Morgan fingerprint density at radius 1 is 0.952 bits per heavy atom. The number of nitrogens with zero attached hydrogens (tertiary/aromatic N) is 1. The Morgan fingerprint density at radius 2 is 1.62 bits per heavy atom. The number of quaternary nitrogens is 1. The largest absolute Gasteiger partial charge is 0.628 e. The van der Waals surface area contributed by atoms with Crippen molar-refractivity contribution in [3.05, 3.63) is 93.0 Å². The Kier molecular flexibility index (Phi) is 8.49. The van der Waals surface area contributed by atoms with Gasteiger partial charge in [0.25, 0.3) is 0 Å². The minimum absolute atomic E-state index is 0.00708. The monoisotopic (exact) mass is 606 g/mol. The lowest BCUT2D eigenvalue weighted by Crippen LogP contribution is -3.09. The number of nitrogens with one attached hydrogen (secondary N) is 3. The van der Waals surface area contributed by atoms with Gasteiger partial charge in [-0.2, -0.15) is 26.3 Å². The van der Waals surface area contributed by atoms with E-state index in [2.05, 4.69) is 10.6 Å². The number of halogens is 8. The molecule has 1 fully saturated rings. The molecule has 3 aliphatic heterocycles. The number of alkyl halides is 6. The standard InChI is InChI=1S/C27H26F8N4O3/c28-18-1-2-19(21(29)11-18)23-12-24(38-3-5-41-6-4-38)42-25-20(13-36-14-37-25)22(39(23)40)9-15-7-16(26(30,31)32)10-17(8-15)27(33,34)35/h1-2,7-8,10-12,22,24,36-37,39H,3-6,9,13-14H2/b23-12-. The zero-order valence-corrected chi connectivity index (χ0v) is 21.8. The molecule has 0 spiro atoms. The molecular weight excluding hydrogens is 580 g/mol. The van der Waals surface area contributed by atoms with Crippen molar-refractivity contribution in [2.45, 2.75) is 31.0 Å². The minimum atomic E-state index is -5.09. The summed E-state index contributed by atoms with van der Waals surface area (Å²) >= 11 is 0. The maximum Gasteiger partial charge on any atom is 0.416 e. The van der Waals surface area contributed by atoms with E-state index in [1.54, 1.807) is 0 Å². The van der Waals surface area contributed by atoms with Crippen LogP contribution in [0.1, 0.15) is 22.3 Å². The highest BCUT2D eigenvalue weighted by atomic mass is 19.4. The third kappa shape index (κ3) is 6.54. The van der Waals surface area contributed by atoms with Crippen molar-refractivity contribution in [1.82, 2.24) is 15.5 Å². The Labute approximate surface area is 234 Å². The van der Waals surface area contributed by atoms with Gasteiger partial charge in [-0.3, -0.25) is 10.2 Å². The molecule has 0 saturated carbocycles. The summed E-state index contributed by atoms with van der Waals surface area (Å²) in [5.41, 5.74) is -3.74. The van der Waals surface area contributed by atoms with Crippen LogP contribution in [-0.4, -0.2) is 56.7 Å². The average molecular weight is 607 g/mol. The molecule has 7 nitrogen and oxygen atoms in total. The summed E-state index contributed by atoms with van der Waals surface area (Å²) in [7, 11) is 0. The van der Waals surface area contributed by atoms with Gasteiger partial charge in [-0.1, -0.05) is 0 Å². The van der Waals surface area contributed by atoms with Crippen LogP contribution in [0.5, 0.6) is 0 Å². The van der Waals surface area contributed by atoms with Gasteiger partial charge in [0.1, 0.15) is 23.4 Å².